The zero-order valence-corrected chi connectivity index (χ0v) is 35.9. The zero-order chi connectivity index (χ0) is 41.3. The number of aromatic hydroxyl groups is 2. The van der Waals surface area contributed by atoms with Crippen LogP contribution in [0.2, 0.25) is 0 Å². The first-order valence-corrected chi connectivity index (χ1v) is 22.1. The molecule has 0 bridgehead atoms. The molecule has 3 N–H and O–H groups in total. The molecule has 4 aliphatic carbocycles. The molecule has 10 rings (SSSR count). The van der Waals surface area contributed by atoms with Gasteiger partial charge in [-0.15, -0.1) is 0 Å². The Kier molecular flexibility index (Phi) is 8.06. The summed E-state index contributed by atoms with van der Waals surface area (Å²) in [4.78, 5) is 28.6. The predicted octanol–water partition coefficient (Wildman–Crippen LogP) is 8.67. The van der Waals surface area contributed by atoms with Crippen molar-refractivity contribution < 1.29 is 43.9 Å². The van der Waals surface area contributed by atoms with Crippen molar-refractivity contribution in [2.45, 2.75) is 169 Å². The summed E-state index contributed by atoms with van der Waals surface area (Å²) in [5, 5.41) is 34.5. The highest BCUT2D eigenvalue weighted by Gasteiger charge is 2.69. The molecule has 1 amide bonds. The van der Waals surface area contributed by atoms with Gasteiger partial charge in [0.15, 0.2) is 6.23 Å². The maximum absolute atomic E-state index is 14.7. The van der Waals surface area contributed by atoms with Gasteiger partial charge in [0.2, 0.25) is 0 Å². The molecule has 4 aliphatic heterocycles. The number of hydrogen-bond donors (Lipinski definition) is 3. The minimum atomic E-state index is -0.743. The van der Waals surface area contributed by atoms with Gasteiger partial charge < -0.3 is 39.2 Å². The van der Waals surface area contributed by atoms with E-state index in [4.69, 9.17) is 18.9 Å². The van der Waals surface area contributed by atoms with E-state index in [2.05, 4.69) is 55.4 Å². The molecule has 10 nitrogen and oxygen atoms in total. The van der Waals surface area contributed by atoms with Gasteiger partial charge in [0.25, 0.3) is 5.91 Å². The largest absolute Gasteiger partial charge is 0.508 e. The van der Waals surface area contributed by atoms with Crippen molar-refractivity contribution >= 4 is 11.9 Å². The Labute approximate surface area is 342 Å². The van der Waals surface area contributed by atoms with E-state index in [1.807, 2.05) is 6.07 Å². The van der Waals surface area contributed by atoms with Crippen LogP contribution in [0.1, 0.15) is 158 Å². The highest BCUT2D eigenvalue weighted by molar-refractivity contribution is 6.00. The summed E-state index contributed by atoms with van der Waals surface area (Å²) in [5.74, 6) is 1.95. The highest BCUT2D eigenvalue weighted by Crippen LogP contribution is 2.70. The second-order valence-electron chi connectivity index (χ2n) is 21.7. The topological polar surface area (TPSA) is 135 Å². The number of fused-ring (bicyclic) bond motifs is 10. The summed E-state index contributed by atoms with van der Waals surface area (Å²) in [6, 6.07) is 3.45. The first-order chi connectivity index (χ1) is 27.2. The lowest BCUT2D eigenvalue weighted by atomic mass is 9.43. The van der Waals surface area contributed by atoms with Crippen molar-refractivity contribution in [2.24, 2.45) is 45.3 Å². The third-order valence-corrected chi connectivity index (χ3v) is 18.6. The molecule has 0 saturated heterocycles. The van der Waals surface area contributed by atoms with E-state index in [-0.39, 0.29) is 94.1 Å². The van der Waals surface area contributed by atoms with E-state index in [1.165, 1.54) is 6.92 Å². The Balaban J connectivity index is 0.996. The van der Waals surface area contributed by atoms with Crippen molar-refractivity contribution in [3.63, 3.8) is 0 Å². The number of phenols is 2. The molecule has 8 aliphatic rings. The number of benzene rings is 2. The third kappa shape index (κ3) is 4.63. The van der Waals surface area contributed by atoms with Gasteiger partial charge in [-0.05, 0) is 98.1 Å². The SMILES string of the molecule is CC(=O)O[C@@H]1CC[C@@]2(C)[C@@H](CC[C@@H](C)[C@]23Cc2c(O)cc4c(c2O3)CN([C@H]2OCc3cc(O)c5c(c32)O[C@]2(C5)[C@H](C)CC[C@H]3C(C)(C)[C@H](O)CC[C@@]32C)C4=O)C1(C)C. The van der Waals surface area contributed by atoms with Gasteiger partial charge in [-0.2, -0.15) is 0 Å². The summed E-state index contributed by atoms with van der Waals surface area (Å²) >= 11 is 0. The quantitative estimate of drug-likeness (QED) is 0.255. The molecule has 11 atom stereocenters. The van der Waals surface area contributed by atoms with Gasteiger partial charge in [0.05, 0.1) is 24.8 Å². The van der Waals surface area contributed by atoms with E-state index in [1.54, 1.807) is 11.0 Å². The van der Waals surface area contributed by atoms with Gasteiger partial charge in [-0.25, -0.2) is 0 Å². The van der Waals surface area contributed by atoms with Crippen LogP contribution in [-0.2, 0) is 40.3 Å². The van der Waals surface area contributed by atoms with E-state index in [0.717, 1.165) is 72.8 Å². The number of carbonyl (C=O) groups is 2. The van der Waals surface area contributed by atoms with E-state index < -0.39 is 17.4 Å². The number of ether oxygens (including phenoxy) is 4. The Bertz CT molecular complexity index is 2140. The fraction of sp³-hybridized carbons (Fsp3) is 0.708. The number of rotatable bonds is 2. The normalized spacial score (nSPS) is 41.2. The van der Waals surface area contributed by atoms with Crippen LogP contribution in [0.3, 0.4) is 0 Å². The summed E-state index contributed by atoms with van der Waals surface area (Å²) in [7, 11) is 0. The van der Waals surface area contributed by atoms with E-state index in [9.17, 15) is 24.9 Å². The predicted molar refractivity (Wildman–Crippen MR) is 215 cm³/mol. The average Bonchev–Trinajstić information content (AvgIpc) is 3.93. The van der Waals surface area contributed by atoms with Gasteiger partial charge in [0.1, 0.15) is 40.3 Å². The van der Waals surface area contributed by atoms with Gasteiger partial charge in [0, 0.05) is 58.3 Å². The number of aliphatic hydroxyl groups is 1. The van der Waals surface area contributed by atoms with Crippen LogP contribution in [0.4, 0.5) is 0 Å². The number of amides is 1. The molecule has 10 heteroatoms. The average molecular weight is 798 g/mol. The second kappa shape index (κ2) is 12.1. The molecular formula is C48H63NO9. The van der Waals surface area contributed by atoms with E-state index >= 15 is 0 Å². The molecule has 2 aromatic carbocycles. The molecule has 314 valence electrons. The standard InChI is InChI=1S/C48H63NO9/c1-24-11-13-35-44(6,7)37(56-26(3)50)15-17-46(35,9)47(24)20-29-33(52)19-28-31(39(29)57-47)22-49(41(28)54)42-38-27(23-55-42)18-32(51)30-21-48(58-40(30)38)25(2)10-12-34-43(4,5)36(53)14-16-45(34,48)8/h18-19,24-25,34-37,42,51-53H,10-17,20-23H2,1-9H3/t24-,25-,34+,35+,36-,37-,42+,45+,46+,47-,48-/m1/s1. The van der Waals surface area contributed by atoms with Crippen molar-refractivity contribution in [1.82, 2.24) is 4.90 Å². The molecule has 0 unspecified atom stereocenters. The number of carbonyl (C=O) groups excluding carboxylic acids is 2. The van der Waals surface area contributed by atoms with Crippen LogP contribution in [0.25, 0.3) is 0 Å². The van der Waals surface area contributed by atoms with Crippen molar-refractivity contribution in [3.05, 3.63) is 45.5 Å². The first-order valence-electron chi connectivity index (χ1n) is 22.1. The van der Waals surface area contributed by atoms with Gasteiger partial charge >= 0.3 is 5.97 Å². The number of esters is 1. The monoisotopic (exact) mass is 797 g/mol. The van der Waals surface area contributed by atoms with Gasteiger partial charge in [-0.3, -0.25) is 9.59 Å². The molecular weight excluding hydrogens is 735 g/mol. The highest BCUT2D eigenvalue weighted by atomic mass is 16.5. The minimum Gasteiger partial charge on any atom is -0.508 e. The van der Waals surface area contributed by atoms with Crippen LogP contribution >= 0.6 is 0 Å². The smallest absolute Gasteiger partial charge is 0.302 e. The Morgan fingerprint density at radius 3 is 1.98 bits per heavy atom. The van der Waals surface area contributed by atoms with Crippen molar-refractivity contribution in [1.29, 1.82) is 0 Å². The lowest BCUT2D eigenvalue weighted by Gasteiger charge is -2.64. The first kappa shape index (κ1) is 38.7. The van der Waals surface area contributed by atoms with Crippen molar-refractivity contribution in [2.75, 3.05) is 0 Å². The maximum Gasteiger partial charge on any atom is 0.302 e. The lowest BCUT2D eigenvalue weighted by molar-refractivity contribution is -0.218. The summed E-state index contributed by atoms with van der Waals surface area (Å²) in [6.45, 7) is 20.1. The number of hydrogen-bond acceptors (Lipinski definition) is 9. The third-order valence-electron chi connectivity index (χ3n) is 18.6. The fourth-order valence-electron chi connectivity index (χ4n) is 15.3. The molecule has 4 fully saturated rings. The number of aliphatic hydroxyl groups excluding tert-OH is 1. The lowest BCUT2D eigenvalue weighted by Crippen LogP contribution is -2.67. The summed E-state index contributed by atoms with van der Waals surface area (Å²) < 4.78 is 27.3. The van der Waals surface area contributed by atoms with Gasteiger partial charge in [-0.1, -0.05) is 55.4 Å². The minimum absolute atomic E-state index is 0.0880. The molecule has 0 radical (unpaired) electrons. The van der Waals surface area contributed by atoms with Crippen LogP contribution in [0.15, 0.2) is 12.1 Å². The van der Waals surface area contributed by atoms with Crippen LogP contribution in [0.5, 0.6) is 23.0 Å². The van der Waals surface area contributed by atoms with Crippen LogP contribution < -0.4 is 9.47 Å². The fourth-order valence-corrected chi connectivity index (χ4v) is 15.3. The molecule has 0 aromatic heterocycles. The summed E-state index contributed by atoms with van der Waals surface area (Å²) in [5.41, 5.74) is 2.12. The van der Waals surface area contributed by atoms with Crippen molar-refractivity contribution in [3.8, 4) is 23.0 Å². The Morgan fingerprint density at radius 2 is 1.34 bits per heavy atom. The second-order valence-corrected chi connectivity index (χ2v) is 21.7. The molecule has 2 spiro atoms. The Morgan fingerprint density at radius 1 is 0.776 bits per heavy atom. The molecule has 4 heterocycles. The van der Waals surface area contributed by atoms with E-state index in [0.29, 0.717) is 36.3 Å². The summed E-state index contributed by atoms with van der Waals surface area (Å²) in [6.07, 6.45) is 6.86. The molecule has 4 saturated carbocycles. The molecule has 2 aromatic rings. The number of phenolic OH excluding ortho intramolecular Hbond substituents is 2. The number of nitrogens with zero attached hydrogens (tertiary/aromatic N) is 1. The molecule has 58 heavy (non-hydrogen) atoms. The zero-order valence-electron chi connectivity index (χ0n) is 35.9. The Hall–Kier alpha value is -3.50. The van der Waals surface area contributed by atoms with Crippen LogP contribution in [-0.4, -0.2) is 55.5 Å². The van der Waals surface area contributed by atoms with Crippen LogP contribution in [0, 0.1) is 45.3 Å². The maximum atomic E-state index is 14.7.